The molecule has 1 fully saturated rings. The van der Waals surface area contributed by atoms with Gasteiger partial charge in [0, 0.05) is 30.8 Å². The summed E-state index contributed by atoms with van der Waals surface area (Å²) in [7, 11) is -4.10. The van der Waals surface area contributed by atoms with Crippen LogP contribution in [0.2, 0.25) is 0 Å². The molecule has 1 aliphatic rings. The van der Waals surface area contributed by atoms with Crippen LogP contribution in [0.3, 0.4) is 0 Å². The van der Waals surface area contributed by atoms with Gasteiger partial charge >= 0.3 is 0 Å². The van der Waals surface area contributed by atoms with E-state index in [1.165, 1.54) is 48.5 Å². The number of carbonyl (C=O) groups excluding carboxylic acids is 1. The third kappa shape index (κ3) is 5.18. The lowest BCUT2D eigenvalue weighted by atomic mass is 9.96. The highest BCUT2D eigenvalue weighted by atomic mass is 79.9. The summed E-state index contributed by atoms with van der Waals surface area (Å²) < 4.78 is 57.3. The largest absolute Gasteiger partial charge is 0.337 e. The smallest absolute Gasteiger partial charge is 0.262 e. The Morgan fingerprint density at radius 2 is 1.82 bits per heavy atom. The molecule has 1 aliphatic heterocycles. The fourth-order valence-corrected chi connectivity index (χ4v) is 5.66. The van der Waals surface area contributed by atoms with Crippen molar-refractivity contribution < 1.29 is 22.0 Å². The van der Waals surface area contributed by atoms with Crippen LogP contribution in [-0.2, 0) is 10.0 Å². The quantitative estimate of drug-likeness (QED) is 0.323. The SMILES string of the molecule is C[C@H](c1ccc(F)c(Br)c1)n1cc(C2CN(C(=O)c3cccc(S(=O)(=O)Nc4ccccc4F)c3)C2)nn1. The van der Waals surface area contributed by atoms with Crippen LogP contribution in [0.4, 0.5) is 14.5 Å². The third-order valence-corrected chi connectivity index (χ3v) is 8.42. The van der Waals surface area contributed by atoms with E-state index in [4.69, 9.17) is 0 Å². The van der Waals surface area contributed by atoms with Gasteiger partial charge in [0.15, 0.2) is 0 Å². The van der Waals surface area contributed by atoms with Crippen molar-refractivity contribution in [2.45, 2.75) is 23.8 Å². The van der Waals surface area contributed by atoms with Crippen molar-refractivity contribution in [3.05, 3.63) is 106 Å². The Bertz CT molecular complexity index is 1620. The van der Waals surface area contributed by atoms with Crippen molar-refractivity contribution >= 4 is 37.5 Å². The van der Waals surface area contributed by atoms with E-state index in [-0.39, 0.29) is 39.8 Å². The molecule has 0 spiro atoms. The van der Waals surface area contributed by atoms with Crippen LogP contribution in [0.15, 0.2) is 82.3 Å². The van der Waals surface area contributed by atoms with Crippen LogP contribution in [0.1, 0.15) is 40.5 Å². The number of rotatable bonds is 7. The van der Waals surface area contributed by atoms with Crippen molar-refractivity contribution in [1.29, 1.82) is 0 Å². The van der Waals surface area contributed by atoms with E-state index in [1.54, 1.807) is 21.7 Å². The van der Waals surface area contributed by atoms with E-state index >= 15 is 0 Å². The first-order valence-corrected chi connectivity index (χ1v) is 13.9. The van der Waals surface area contributed by atoms with Gasteiger partial charge in [0.25, 0.3) is 15.9 Å². The number of hydrogen-bond donors (Lipinski definition) is 1. The molecular weight excluding hydrogens is 580 g/mol. The van der Waals surface area contributed by atoms with E-state index in [9.17, 15) is 22.0 Å². The molecule has 1 amide bonds. The zero-order valence-corrected chi connectivity index (χ0v) is 22.5. The average molecular weight is 602 g/mol. The Kier molecular flexibility index (Phi) is 7.01. The number of para-hydroxylation sites is 1. The number of sulfonamides is 1. The molecule has 12 heteroatoms. The van der Waals surface area contributed by atoms with Gasteiger partial charge < -0.3 is 4.90 Å². The standard InChI is InChI=1S/C26H22BrF2N5O3S/c1-16(17-9-10-22(28)21(27)12-17)34-15-25(30-32-34)19-13-33(14-19)26(35)18-5-4-6-20(11-18)38(36,37)31-24-8-3-2-7-23(24)29/h2-12,15-16,19,31H,13-14H2,1H3/t16-/m1/s1. The first-order chi connectivity index (χ1) is 18.1. The van der Waals surface area contributed by atoms with Crippen LogP contribution in [0.5, 0.6) is 0 Å². The summed E-state index contributed by atoms with van der Waals surface area (Å²) in [6, 6.07) is 15.7. The summed E-state index contributed by atoms with van der Waals surface area (Å²) >= 11 is 3.20. The number of anilines is 1. The zero-order chi connectivity index (χ0) is 27.0. The van der Waals surface area contributed by atoms with Crippen molar-refractivity contribution in [2.24, 2.45) is 0 Å². The predicted octanol–water partition coefficient (Wildman–Crippen LogP) is 4.97. The summed E-state index contributed by atoms with van der Waals surface area (Å²) in [5.74, 6) is -1.38. The van der Waals surface area contributed by atoms with E-state index in [0.29, 0.717) is 17.6 Å². The molecule has 196 valence electrons. The van der Waals surface area contributed by atoms with Gasteiger partial charge in [-0.15, -0.1) is 5.10 Å². The maximum absolute atomic E-state index is 13.9. The maximum Gasteiger partial charge on any atom is 0.262 e. The second-order valence-electron chi connectivity index (χ2n) is 8.99. The van der Waals surface area contributed by atoms with Crippen molar-refractivity contribution in [3.8, 4) is 0 Å². The van der Waals surface area contributed by atoms with E-state index in [2.05, 4.69) is 31.0 Å². The van der Waals surface area contributed by atoms with Crippen LogP contribution in [0.25, 0.3) is 0 Å². The van der Waals surface area contributed by atoms with Crippen LogP contribution in [0, 0.1) is 11.6 Å². The fourth-order valence-electron chi connectivity index (χ4n) is 4.15. The van der Waals surface area contributed by atoms with Crippen molar-refractivity contribution in [1.82, 2.24) is 19.9 Å². The minimum absolute atomic E-state index is 0.0190. The van der Waals surface area contributed by atoms with Crippen LogP contribution < -0.4 is 4.72 Å². The molecule has 0 unspecified atom stereocenters. The van der Waals surface area contributed by atoms with Crippen molar-refractivity contribution in [2.75, 3.05) is 17.8 Å². The number of nitrogens with one attached hydrogen (secondary N) is 1. The minimum atomic E-state index is -4.10. The number of hydrogen-bond acceptors (Lipinski definition) is 5. The third-order valence-electron chi connectivity index (χ3n) is 6.45. The average Bonchev–Trinajstić information content (AvgIpc) is 3.35. The molecule has 1 atom stereocenters. The lowest BCUT2D eigenvalue weighted by Gasteiger charge is -2.38. The molecule has 0 bridgehead atoms. The number of benzene rings is 3. The van der Waals surface area contributed by atoms with E-state index in [1.807, 2.05) is 13.1 Å². The normalized spacial score (nSPS) is 14.7. The summed E-state index contributed by atoms with van der Waals surface area (Å²) in [5, 5.41) is 8.46. The lowest BCUT2D eigenvalue weighted by molar-refractivity contribution is 0.0598. The van der Waals surface area contributed by atoms with Gasteiger partial charge in [0.05, 0.1) is 26.8 Å². The van der Waals surface area contributed by atoms with Gasteiger partial charge in [-0.05, 0) is 70.9 Å². The lowest BCUT2D eigenvalue weighted by Crippen LogP contribution is -2.48. The van der Waals surface area contributed by atoms with Gasteiger partial charge in [0.2, 0.25) is 0 Å². The highest BCUT2D eigenvalue weighted by Gasteiger charge is 2.34. The molecule has 3 aromatic carbocycles. The molecule has 1 saturated heterocycles. The van der Waals surface area contributed by atoms with E-state index in [0.717, 1.165) is 17.3 Å². The number of likely N-dealkylation sites (tertiary alicyclic amines) is 1. The Morgan fingerprint density at radius 1 is 1.05 bits per heavy atom. The molecule has 38 heavy (non-hydrogen) atoms. The van der Waals surface area contributed by atoms with Gasteiger partial charge in [-0.1, -0.05) is 29.5 Å². The molecule has 2 heterocycles. The molecule has 5 rings (SSSR count). The molecular formula is C26H22BrF2N5O3S. The summed E-state index contributed by atoms with van der Waals surface area (Å²) in [4.78, 5) is 14.5. The molecule has 8 nitrogen and oxygen atoms in total. The zero-order valence-electron chi connectivity index (χ0n) is 20.1. The topological polar surface area (TPSA) is 97.2 Å². The Hall–Kier alpha value is -3.64. The predicted molar refractivity (Wildman–Crippen MR) is 140 cm³/mol. The van der Waals surface area contributed by atoms with Gasteiger partial charge in [0.1, 0.15) is 11.6 Å². The molecule has 0 aliphatic carbocycles. The Balaban J connectivity index is 1.24. The number of halogens is 3. The van der Waals surface area contributed by atoms with Crippen LogP contribution in [-0.4, -0.2) is 47.3 Å². The fraction of sp³-hybridized carbons (Fsp3) is 0.192. The van der Waals surface area contributed by atoms with Crippen LogP contribution >= 0.6 is 15.9 Å². The molecule has 1 aromatic heterocycles. The molecule has 4 aromatic rings. The summed E-state index contributed by atoms with van der Waals surface area (Å²) in [6.07, 6.45) is 1.82. The van der Waals surface area contributed by atoms with Crippen molar-refractivity contribution in [3.63, 3.8) is 0 Å². The monoisotopic (exact) mass is 601 g/mol. The number of aromatic nitrogens is 3. The van der Waals surface area contributed by atoms with E-state index < -0.39 is 15.8 Å². The first kappa shape index (κ1) is 26.0. The number of amides is 1. The summed E-state index contributed by atoms with van der Waals surface area (Å²) in [6.45, 7) is 2.73. The Morgan fingerprint density at radius 3 is 2.55 bits per heavy atom. The Labute approximate surface area is 226 Å². The number of carbonyl (C=O) groups is 1. The summed E-state index contributed by atoms with van der Waals surface area (Å²) in [5.41, 5.74) is 1.62. The van der Waals surface area contributed by atoms with Gasteiger partial charge in [-0.2, -0.15) is 0 Å². The second kappa shape index (κ2) is 10.3. The van der Waals surface area contributed by atoms with Gasteiger partial charge in [-0.25, -0.2) is 21.9 Å². The molecule has 0 radical (unpaired) electrons. The highest BCUT2D eigenvalue weighted by molar-refractivity contribution is 9.10. The number of nitrogens with zero attached hydrogens (tertiary/aromatic N) is 4. The first-order valence-electron chi connectivity index (χ1n) is 11.7. The molecule has 1 N–H and O–H groups in total. The maximum atomic E-state index is 13.9. The molecule has 0 saturated carbocycles. The van der Waals surface area contributed by atoms with Gasteiger partial charge in [-0.3, -0.25) is 9.52 Å². The second-order valence-corrected chi connectivity index (χ2v) is 11.5. The minimum Gasteiger partial charge on any atom is -0.337 e. The highest BCUT2D eigenvalue weighted by Crippen LogP contribution is 2.29.